The minimum Gasteiger partial charge on any atom is -0.255 e. The molecule has 0 amide bonds. The standard InChI is InChI=1S/C18H24N2.C6F6/c1-17(2,3)13-7-9-19-15(11-13)16-12-14(8-10-20-16)18(4,5)6;7-1-2(8)4(10)6(12)5(11)3(1)9/h7-12H,1-6H3;. The van der Waals surface area contributed by atoms with Crippen LogP contribution in [0.5, 0.6) is 0 Å². The highest BCUT2D eigenvalue weighted by molar-refractivity contribution is 5.56. The van der Waals surface area contributed by atoms with Gasteiger partial charge < -0.3 is 0 Å². The zero-order valence-corrected chi connectivity index (χ0v) is 18.6. The lowest BCUT2D eigenvalue weighted by Crippen LogP contribution is -2.12. The molecule has 0 atom stereocenters. The molecule has 0 N–H and O–H groups in total. The molecule has 1 aromatic carbocycles. The molecule has 0 saturated carbocycles. The number of benzene rings is 1. The third-order valence-corrected chi connectivity index (χ3v) is 4.67. The third-order valence-electron chi connectivity index (χ3n) is 4.67. The van der Waals surface area contributed by atoms with Crippen LogP contribution < -0.4 is 0 Å². The van der Waals surface area contributed by atoms with Gasteiger partial charge in [0.15, 0.2) is 0 Å². The first-order valence-electron chi connectivity index (χ1n) is 9.75. The topological polar surface area (TPSA) is 25.8 Å². The van der Waals surface area contributed by atoms with E-state index < -0.39 is 34.9 Å². The normalized spacial score (nSPS) is 11.8. The van der Waals surface area contributed by atoms with Crippen molar-refractivity contribution >= 4 is 0 Å². The molecule has 0 aliphatic carbocycles. The number of nitrogens with zero attached hydrogens (tertiary/aromatic N) is 2. The van der Waals surface area contributed by atoms with E-state index in [4.69, 9.17) is 0 Å². The molecule has 0 radical (unpaired) electrons. The Kier molecular flexibility index (Phi) is 7.37. The molecule has 0 spiro atoms. The largest absolute Gasteiger partial charge is 0.255 e. The fourth-order valence-electron chi connectivity index (χ4n) is 2.65. The van der Waals surface area contributed by atoms with Crippen LogP contribution in [0.1, 0.15) is 52.7 Å². The first kappa shape index (κ1) is 25.4. The van der Waals surface area contributed by atoms with Crippen LogP contribution in [0.25, 0.3) is 11.4 Å². The van der Waals surface area contributed by atoms with E-state index in [1.165, 1.54) is 11.1 Å². The molecule has 0 unspecified atom stereocenters. The molecule has 32 heavy (non-hydrogen) atoms. The first-order chi connectivity index (χ1) is 14.6. The minimum atomic E-state index is -2.37. The second-order valence-electron chi connectivity index (χ2n) is 9.24. The lowest BCUT2D eigenvalue weighted by Gasteiger charge is -2.21. The third kappa shape index (κ3) is 5.66. The van der Waals surface area contributed by atoms with Crippen molar-refractivity contribution in [2.45, 2.75) is 52.4 Å². The molecule has 0 saturated heterocycles. The zero-order chi connectivity index (χ0) is 24.4. The summed E-state index contributed by atoms with van der Waals surface area (Å²) >= 11 is 0. The van der Waals surface area contributed by atoms with Crippen LogP contribution in [0.15, 0.2) is 36.7 Å². The van der Waals surface area contributed by atoms with Crippen molar-refractivity contribution in [2.24, 2.45) is 0 Å². The maximum Gasteiger partial charge on any atom is 0.200 e. The van der Waals surface area contributed by atoms with Gasteiger partial charge in [-0.3, -0.25) is 9.97 Å². The zero-order valence-electron chi connectivity index (χ0n) is 18.6. The first-order valence-corrected chi connectivity index (χ1v) is 9.75. The summed E-state index contributed by atoms with van der Waals surface area (Å²) in [6, 6.07) is 8.46. The average Bonchev–Trinajstić information content (AvgIpc) is 2.74. The summed E-state index contributed by atoms with van der Waals surface area (Å²) in [4.78, 5) is 8.97. The molecule has 2 heterocycles. The van der Waals surface area contributed by atoms with Crippen LogP contribution in [-0.4, -0.2) is 9.97 Å². The van der Waals surface area contributed by atoms with Gasteiger partial charge in [-0.15, -0.1) is 0 Å². The van der Waals surface area contributed by atoms with E-state index in [1.54, 1.807) is 0 Å². The van der Waals surface area contributed by atoms with Gasteiger partial charge in [0.05, 0.1) is 11.4 Å². The van der Waals surface area contributed by atoms with Crippen LogP contribution in [0.2, 0.25) is 0 Å². The van der Waals surface area contributed by atoms with Gasteiger partial charge in [-0.05, 0) is 46.2 Å². The van der Waals surface area contributed by atoms with Crippen LogP contribution in [0.3, 0.4) is 0 Å². The van der Waals surface area contributed by atoms with Crippen molar-refractivity contribution in [3.8, 4) is 11.4 Å². The van der Waals surface area contributed by atoms with E-state index in [0.717, 1.165) is 11.4 Å². The quantitative estimate of drug-likeness (QED) is 0.220. The Morgan fingerprint density at radius 2 is 0.750 bits per heavy atom. The van der Waals surface area contributed by atoms with Gasteiger partial charge in [-0.1, -0.05) is 41.5 Å². The SMILES string of the molecule is CC(C)(C)c1ccnc(-c2cc(C(C)(C)C)ccn2)c1.Fc1c(F)c(F)c(F)c(F)c1F. The Labute approximate surface area is 183 Å². The van der Waals surface area contributed by atoms with E-state index in [2.05, 4.69) is 75.8 Å². The summed E-state index contributed by atoms with van der Waals surface area (Å²) < 4.78 is 72.2. The summed E-state index contributed by atoms with van der Waals surface area (Å²) in [6.07, 6.45) is 3.75. The molecule has 8 heteroatoms. The molecule has 2 nitrogen and oxygen atoms in total. The molecule has 0 bridgehead atoms. The molecular formula is C24H24F6N2. The molecule has 0 fully saturated rings. The number of rotatable bonds is 1. The van der Waals surface area contributed by atoms with E-state index in [0.29, 0.717) is 0 Å². The van der Waals surface area contributed by atoms with Crippen LogP contribution in [-0.2, 0) is 10.8 Å². The molecule has 0 aliphatic heterocycles. The monoisotopic (exact) mass is 454 g/mol. The Morgan fingerprint density at radius 1 is 0.500 bits per heavy atom. The van der Waals surface area contributed by atoms with Gasteiger partial charge in [0.25, 0.3) is 0 Å². The van der Waals surface area contributed by atoms with Crippen LogP contribution >= 0.6 is 0 Å². The minimum absolute atomic E-state index is 0.124. The second-order valence-corrected chi connectivity index (χ2v) is 9.24. The fraction of sp³-hybridized carbons (Fsp3) is 0.333. The Balaban J connectivity index is 0.000000258. The van der Waals surface area contributed by atoms with E-state index in [-0.39, 0.29) is 10.8 Å². The predicted molar refractivity (Wildman–Crippen MR) is 111 cm³/mol. The molecule has 3 rings (SSSR count). The van der Waals surface area contributed by atoms with Gasteiger partial charge in [-0.2, -0.15) is 0 Å². The summed E-state index contributed by atoms with van der Waals surface area (Å²) in [5.41, 5.74) is 4.71. The Bertz CT molecular complexity index is 954. The summed E-state index contributed by atoms with van der Waals surface area (Å²) in [7, 11) is 0. The lowest BCUT2D eigenvalue weighted by atomic mass is 9.86. The van der Waals surface area contributed by atoms with Gasteiger partial charge in [-0.25, -0.2) is 26.3 Å². The van der Waals surface area contributed by atoms with Gasteiger partial charge in [0, 0.05) is 12.4 Å². The highest BCUT2D eigenvalue weighted by Crippen LogP contribution is 2.28. The summed E-state index contributed by atoms with van der Waals surface area (Å²) in [5, 5.41) is 0. The van der Waals surface area contributed by atoms with Crippen LogP contribution in [0.4, 0.5) is 26.3 Å². The van der Waals surface area contributed by atoms with E-state index in [9.17, 15) is 26.3 Å². The second kappa shape index (κ2) is 9.30. The number of aromatic nitrogens is 2. The number of hydrogen-bond donors (Lipinski definition) is 0. The average molecular weight is 454 g/mol. The summed E-state index contributed by atoms with van der Waals surface area (Å²) in [5.74, 6) is -14.2. The maximum absolute atomic E-state index is 12.0. The van der Waals surface area contributed by atoms with Crippen molar-refractivity contribution in [1.29, 1.82) is 0 Å². The number of pyridine rings is 2. The molecule has 2 aromatic heterocycles. The fourth-order valence-corrected chi connectivity index (χ4v) is 2.65. The van der Waals surface area contributed by atoms with Gasteiger partial charge in [0.2, 0.25) is 34.9 Å². The Morgan fingerprint density at radius 3 is 0.969 bits per heavy atom. The summed E-state index contributed by atoms with van der Waals surface area (Å²) in [6.45, 7) is 13.3. The van der Waals surface area contributed by atoms with Crippen molar-refractivity contribution in [1.82, 2.24) is 9.97 Å². The van der Waals surface area contributed by atoms with Crippen LogP contribution in [0, 0.1) is 34.9 Å². The van der Waals surface area contributed by atoms with Gasteiger partial charge in [0.1, 0.15) is 0 Å². The van der Waals surface area contributed by atoms with Crippen molar-refractivity contribution in [3.05, 3.63) is 82.7 Å². The number of halogens is 6. The predicted octanol–water partition coefficient (Wildman–Crippen LogP) is 7.26. The highest BCUT2D eigenvalue weighted by atomic mass is 19.2. The molecule has 3 aromatic rings. The molecule has 172 valence electrons. The molecule has 0 aliphatic rings. The van der Waals surface area contributed by atoms with Crippen molar-refractivity contribution < 1.29 is 26.3 Å². The van der Waals surface area contributed by atoms with E-state index in [1.807, 2.05) is 12.4 Å². The molecular weight excluding hydrogens is 430 g/mol. The van der Waals surface area contributed by atoms with Gasteiger partial charge >= 0.3 is 0 Å². The Hall–Kier alpha value is -2.90. The number of hydrogen-bond acceptors (Lipinski definition) is 2. The van der Waals surface area contributed by atoms with Crippen molar-refractivity contribution in [3.63, 3.8) is 0 Å². The van der Waals surface area contributed by atoms with E-state index >= 15 is 0 Å². The van der Waals surface area contributed by atoms with Crippen molar-refractivity contribution in [2.75, 3.05) is 0 Å². The highest BCUT2D eigenvalue weighted by Gasteiger charge is 2.25. The maximum atomic E-state index is 12.0. The smallest absolute Gasteiger partial charge is 0.200 e. The lowest BCUT2D eigenvalue weighted by molar-refractivity contribution is 0.334.